The molecule has 1 aromatic rings. The van der Waals surface area contributed by atoms with Crippen molar-refractivity contribution in [2.45, 2.75) is 33.1 Å². The third-order valence-electron chi connectivity index (χ3n) is 3.00. The lowest BCUT2D eigenvalue weighted by Crippen LogP contribution is -2.39. The number of carbonyl (C=O) groups is 1. The second kappa shape index (κ2) is 8.53. The highest BCUT2D eigenvalue weighted by molar-refractivity contribution is 7.92. The van der Waals surface area contributed by atoms with Crippen molar-refractivity contribution in [3.05, 3.63) is 30.3 Å². The molecular formula is C15H23N3O3S. The lowest BCUT2D eigenvalue weighted by atomic mass is 10.2. The van der Waals surface area contributed by atoms with Crippen LogP contribution in [0.5, 0.6) is 0 Å². The molecule has 1 amide bonds. The molecule has 0 aliphatic heterocycles. The van der Waals surface area contributed by atoms with E-state index in [-0.39, 0.29) is 6.54 Å². The number of amides is 1. The maximum absolute atomic E-state index is 11.9. The van der Waals surface area contributed by atoms with E-state index in [9.17, 15) is 13.2 Å². The van der Waals surface area contributed by atoms with E-state index in [4.69, 9.17) is 0 Å². The van der Waals surface area contributed by atoms with Crippen molar-refractivity contribution in [2.75, 3.05) is 17.1 Å². The number of anilines is 1. The molecule has 0 aliphatic carbocycles. The number of benzene rings is 1. The molecule has 1 aromatic carbocycles. The van der Waals surface area contributed by atoms with E-state index in [1.807, 2.05) is 6.92 Å². The molecule has 0 aliphatic rings. The van der Waals surface area contributed by atoms with E-state index in [1.165, 1.54) is 0 Å². The Morgan fingerprint density at radius 2 is 1.91 bits per heavy atom. The first-order chi connectivity index (χ1) is 10.3. The summed E-state index contributed by atoms with van der Waals surface area (Å²) >= 11 is 0. The highest BCUT2D eigenvalue weighted by Gasteiger charge is 2.20. The second-order valence-corrected chi connectivity index (χ2v) is 7.00. The average Bonchev–Trinajstić information content (AvgIpc) is 2.48. The van der Waals surface area contributed by atoms with Gasteiger partial charge in [0.25, 0.3) is 5.91 Å². The van der Waals surface area contributed by atoms with Crippen molar-refractivity contribution in [1.82, 2.24) is 5.43 Å². The van der Waals surface area contributed by atoms with Crippen molar-refractivity contribution in [3.63, 3.8) is 0 Å². The minimum atomic E-state index is -3.54. The van der Waals surface area contributed by atoms with E-state index >= 15 is 0 Å². The van der Waals surface area contributed by atoms with E-state index in [1.54, 1.807) is 30.3 Å². The molecule has 0 saturated carbocycles. The van der Waals surface area contributed by atoms with Crippen LogP contribution in [-0.2, 0) is 14.8 Å². The van der Waals surface area contributed by atoms with Gasteiger partial charge in [0.15, 0.2) is 0 Å². The topological polar surface area (TPSA) is 78.8 Å². The molecular weight excluding hydrogens is 302 g/mol. The molecule has 0 saturated heterocycles. The standard InChI is InChI=1S/C15H23N3O3S/c1-4-5-9-13(2)16-17-15(19)12-18(22(3,20)21)14-10-7-6-8-11-14/h6-8,10-11H,4-5,9,12H2,1-3H3,(H,17,19). The van der Waals surface area contributed by atoms with Gasteiger partial charge in [-0.1, -0.05) is 31.5 Å². The summed E-state index contributed by atoms with van der Waals surface area (Å²) in [6, 6.07) is 8.51. The van der Waals surface area contributed by atoms with Crippen LogP contribution in [0, 0.1) is 0 Å². The number of hydrogen-bond donors (Lipinski definition) is 1. The number of hydrazone groups is 1. The van der Waals surface area contributed by atoms with Crippen molar-refractivity contribution in [2.24, 2.45) is 5.10 Å². The minimum absolute atomic E-state index is 0.298. The molecule has 0 aromatic heterocycles. The van der Waals surface area contributed by atoms with Crippen LogP contribution in [0.15, 0.2) is 35.4 Å². The lowest BCUT2D eigenvalue weighted by molar-refractivity contribution is -0.119. The fourth-order valence-corrected chi connectivity index (χ4v) is 2.66. The molecule has 0 radical (unpaired) electrons. The zero-order valence-electron chi connectivity index (χ0n) is 13.2. The monoisotopic (exact) mass is 325 g/mol. The molecule has 7 heteroatoms. The second-order valence-electron chi connectivity index (χ2n) is 5.09. The average molecular weight is 325 g/mol. The molecule has 6 nitrogen and oxygen atoms in total. The normalized spacial score (nSPS) is 12.0. The molecule has 0 atom stereocenters. The molecule has 22 heavy (non-hydrogen) atoms. The summed E-state index contributed by atoms with van der Waals surface area (Å²) in [7, 11) is -3.54. The Kier molecular flexibility index (Phi) is 7.04. The van der Waals surface area contributed by atoms with E-state index in [0.29, 0.717) is 5.69 Å². The first kappa shape index (κ1) is 18.2. The SMILES string of the molecule is CCCCC(C)=NNC(=O)CN(c1ccccc1)S(C)(=O)=O. The van der Waals surface area contributed by atoms with Gasteiger partial charge in [0.1, 0.15) is 6.54 Å². The van der Waals surface area contributed by atoms with Crippen LogP contribution in [0.2, 0.25) is 0 Å². The van der Waals surface area contributed by atoms with E-state index < -0.39 is 15.9 Å². The highest BCUT2D eigenvalue weighted by atomic mass is 32.2. The smallest absolute Gasteiger partial charge is 0.260 e. The third-order valence-corrected chi connectivity index (χ3v) is 4.14. The number of unbranched alkanes of at least 4 members (excludes halogenated alkanes) is 1. The van der Waals surface area contributed by atoms with Gasteiger partial charge in [-0.25, -0.2) is 13.8 Å². The first-order valence-corrected chi connectivity index (χ1v) is 9.04. The predicted octanol–water partition coefficient (Wildman–Crippen LogP) is 2.13. The summed E-state index contributed by atoms with van der Waals surface area (Å²) < 4.78 is 24.8. The third kappa shape index (κ3) is 6.26. The summed E-state index contributed by atoms with van der Waals surface area (Å²) in [5, 5.41) is 3.99. The Morgan fingerprint density at radius 3 is 2.45 bits per heavy atom. The number of rotatable bonds is 8. The van der Waals surface area contributed by atoms with Gasteiger partial charge in [0.2, 0.25) is 10.0 Å². The van der Waals surface area contributed by atoms with Gasteiger partial charge >= 0.3 is 0 Å². The van der Waals surface area contributed by atoms with Gasteiger partial charge < -0.3 is 0 Å². The summed E-state index contributed by atoms with van der Waals surface area (Å²) in [5.74, 6) is -0.467. The summed E-state index contributed by atoms with van der Waals surface area (Å²) in [5.41, 5.74) is 3.68. The first-order valence-electron chi connectivity index (χ1n) is 7.19. The van der Waals surface area contributed by atoms with Gasteiger partial charge in [-0.2, -0.15) is 5.10 Å². The van der Waals surface area contributed by atoms with Crippen molar-refractivity contribution in [1.29, 1.82) is 0 Å². The summed E-state index contributed by atoms with van der Waals surface area (Å²) in [4.78, 5) is 11.9. The predicted molar refractivity (Wildman–Crippen MR) is 89.4 cm³/mol. The van der Waals surface area contributed by atoms with Crippen molar-refractivity contribution in [3.8, 4) is 0 Å². The Morgan fingerprint density at radius 1 is 1.27 bits per heavy atom. The number of carbonyl (C=O) groups excluding carboxylic acids is 1. The lowest BCUT2D eigenvalue weighted by Gasteiger charge is -2.21. The number of hydrogen-bond acceptors (Lipinski definition) is 4. The Bertz CT molecular complexity index is 612. The zero-order chi connectivity index (χ0) is 16.6. The van der Waals surface area contributed by atoms with Gasteiger partial charge in [-0.3, -0.25) is 9.10 Å². The fraction of sp³-hybridized carbons (Fsp3) is 0.467. The maximum atomic E-state index is 11.9. The van der Waals surface area contributed by atoms with Crippen molar-refractivity contribution < 1.29 is 13.2 Å². The number of nitrogens with zero attached hydrogens (tertiary/aromatic N) is 2. The van der Waals surface area contributed by atoms with E-state index in [2.05, 4.69) is 17.5 Å². The number of sulfonamides is 1. The Balaban J connectivity index is 2.74. The molecule has 0 fully saturated rings. The quantitative estimate of drug-likeness (QED) is 0.587. The molecule has 0 spiro atoms. The number of nitrogens with one attached hydrogen (secondary N) is 1. The van der Waals surface area contributed by atoms with Crippen LogP contribution in [0.4, 0.5) is 5.69 Å². The zero-order valence-corrected chi connectivity index (χ0v) is 14.1. The Hall–Kier alpha value is -1.89. The molecule has 0 unspecified atom stereocenters. The van der Waals surface area contributed by atoms with Gasteiger partial charge in [0.05, 0.1) is 11.9 Å². The molecule has 0 bridgehead atoms. The van der Waals surface area contributed by atoms with Crippen LogP contribution >= 0.6 is 0 Å². The van der Waals surface area contributed by atoms with Crippen LogP contribution in [-0.4, -0.2) is 32.8 Å². The van der Waals surface area contributed by atoms with Gasteiger partial charge in [0, 0.05) is 5.71 Å². The van der Waals surface area contributed by atoms with Crippen LogP contribution in [0.1, 0.15) is 33.1 Å². The van der Waals surface area contributed by atoms with Crippen molar-refractivity contribution >= 4 is 27.3 Å². The van der Waals surface area contributed by atoms with Crippen LogP contribution in [0.3, 0.4) is 0 Å². The summed E-state index contributed by atoms with van der Waals surface area (Å²) in [6.07, 6.45) is 3.94. The Labute approximate surface area is 132 Å². The largest absolute Gasteiger partial charge is 0.271 e. The molecule has 122 valence electrons. The van der Waals surface area contributed by atoms with Crippen LogP contribution < -0.4 is 9.73 Å². The summed E-state index contributed by atoms with van der Waals surface area (Å²) in [6.45, 7) is 3.62. The maximum Gasteiger partial charge on any atom is 0.260 e. The molecule has 0 heterocycles. The van der Waals surface area contributed by atoms with Gasteiger partial charge in [-0.15, -0.1) is 0 Å². The van der Waals surface area contributed by atoms with Crippen LogP contribution in [0.25, 0.3) is 0 Å². The van der Waals surface area contributed by atoms with Gasteiger partial charge in [-0.05, 0) is 31.9 Å². The number of para-hydroxylation sites is 1. The minimum Gasteiger partial charge on any atom is -0.271 e. The van der Waals surface area contributed by atoms with E-state index in [0.717, 1.165) is 35.5 Å². The highest BCUT2D eigenvalue weighted by Crippen LogP contribution is 2.16. The molecule has 1 N–H and O–H groups in total. The fourth-order valence-electron chi connectivity index (χ4n) is 1.81. The molecule has 1 rings (SSSR count).